The van der Waals surface area contributed by atoms with Crippen LogP contribution in [0.4, 0.5) is 5.69 Å². The van der Waals surface area contributed by atoms with Gasteiger partial charge in [0.05, 0.1) is 18.2 Å². The SMILES string of the molecule is CS(=O)(=O)N(CC(=O)N/N=C\c1c(O)ccc2ccccc12)c1ccc(C23CC4CC(CC(C4)C2)C3)cc1. The Bertz CT molecular complexity index is 1480. The van der Waals surface area contributed by atoms with Gasteiger partial charge in [0.2, 0.25) is 10.0 Å². The molecule has 3 aromatic carbocycles. The van der Waals surface area contributed by atoms with Gasteiger partial charge in [0.25, 0.3) is 5.91 Å². The molecule has 4 bridgehead atoms. The Hall–Kier alpha value is -3.39. The first-order chi connectivity index (χ1) is 18.2. The van der Waals surface area contributed by atoms with E-state index < -0.39 is 22.5 Å². The molecule has 4 fully saturated rings. The van der Waals surface area contributed by atoms with Gasteiger partial charge < -0.3 is 5.11 Å². The molecule has 0 radical (unpaired) electrons. The monoisotopic (exact) mass is 531 g/mol. The molecule has 7 nitrogen and oxygen atoms in total. The van der Waals surface area contributed by atoms with E-state index in [1.165, 1.54) is 50.3 Å². The van der Waals surface area contributed by atoms with E-state index >= 15 is 0 Å². The molecule has 0 heterocycles. The third-order valence-corrected chi connectivity index (χ3v) is 9.96. The number of benzene rings is 3. The molecule has 198 valence electrons. The van der Waals surface area contributed by atoms with E-state index in [9.17, 15) is 18.3 Å². The molecular weight excluding hydrogens is 498 g/mol. The molecule has 0 saturated heterocycles. The predicted molar refractivity (Wildman–Crippen MR) is 150 cm³/mol. The highest BCUT2D eigenvalue weighted by molar-refractivity contribution is 7.92. The molecule has 1 amide bonds. The predicted octanol–water partition coefficient (Wildman–Crippen LogP) is 4.93. The third kappa shape index (κ3) is 4.66. The van der Waals surface area contributed by atoms with Crippen LogP contribution in [-0.2, 0) is 20.2 Å². The molecule has 0 spiro atoms. The molecule has 0 aliphatic heterocycles. The number of sulfonamides is 1. The first kappa shape index (κ1) is 24.9. The van der Waals surface area contributed by atoms with E-state index in [-0.39, 0.29) is 11.2 Å². The fourth-order valence-corrected chi connectivity index (χ4v) is 8.46. The van der Waals surface area contributed by atoms with Crippen LogP contribution >= 0.6 is 0 Å². The van der Waals surface area contributed by atoms with Gasteiger partial charge in [-0.3, -0.25) is 9.10 Å². The minimum atomic E-state index is -3.70. The second-order valence-corrected chi connectivity index (χ2v) is 13.4. The van der Waals surface area contributed by atoms with Gasteiger partial charge in [-0.2, -0.15) is 5.10 Å². The molecule has 4 saturated carbocycles. The number of phenolic OH excluding ortho intramolecular Hbond substituents is 1. The van der Waals surface area contributed by atoms with Gasteiger partial charge in [0, 0.05) is 5.56 Å². The number of carbonyl (C=O) groups is 1. The van der Waals surface area contributed by atoms with Gasteiger partial charge >= 0.3 is 0 Å². The van der Waals surface area contributed by atoms with Crippen LogP contribution in [0.15, 0.2) is 65.8 Å². The Kier molecular flexibility index (Phi) is 6.17. The molecule has 0 aromatic heterocycles. The lowest BCUT2D eigenvalue weighted by Crippen LogP contribution is -2.48. The van der Waals surface area contributed by atoms with Crippen molar-refractivity contribution in [2.75, 3.05) is 17.1 Å². The van der Waals surface area contributed by atoms with Crippen LogP contribution in [0.2, 0.25) is 0 Å². The number of nitrogens with zero attached hydrogens (tertiary/aromatic N) is 2. The van der Waals surface area contributed by atoms with Crippen molar-refractivity contribution >= 4 is 38.6 Å². The van der Waals surface area contributed by atoms with Crippen molar-refractivity contribution in [3.63, 3.8) is 0 Å². The number of carbonyl (C=O) groups excluding carboxylic acids is 1. The first-order valence-electron chi connectivity index (χ1n) is 13.3. The number of rotatable bonds is 7. The van der Waals surface area contributed by atoms with Crippen molar-refractivity contribution in [3.8, 4) is 5.75 Å². The highest BCUT2D eigenvalue weighted by Crippen LogP contribution is 2.60. The molecule has 38 heavy (non-hydrogen) atoms. The fraction of sp³-hybridized carbons (Fsp3) is 0.400. The van der Waals surface area contributed by atoms with Crippen LogP contribution in [0, 0.1) is 17.8 Å². The minimum absolute atomic E-state index is 0.0403. The number of fused-ring (bicyclic) bond motifs is 1. The first-order valence-corrected chi connectivity index (χ1v) is 15.2. The normalized spacial score (nSPS) is 26.2. The maximum atomic E-state index is 12.7. The van der Waals surface area contributed by atoms with Crippen molar-refractivity contribution < 1.29 is 18.3 Å². The van der Waals surface area contributed by atoms with Crippen LogP contribution in [-0.4, -0.2) is 38.4 Å². The number of hydrazone groups is 1. The van der Waals surface area contributed by atoms with Crippen molar-refractivity contribution in [1.29, 1.82) is 0 Å². The van der Waals surface area contributed by atoms with Crippen LogP contribution in [0.1, 0.15) is 49.7 Å². The van der Waals surface area contributed by atoms with Crippen molar-refractivity contribution in [1.82, 2.24) is 5.43 Å². The van der Waals surface area contributed by atoms with E-state index in [1.807, 2.05) is 36.4 Å². The molecule has 4 aliphatic carbocycles. The topological polar surface area (TPSA) is 99.1 Å². The van der Waals surface area contributed by atoms with Crippen molar-refractivity contribution in [2.24, 2.45) is 22.9 Å². The van der Waals surface area contributed by atoms with Gasteiger partial charge in [-0.15, -0.1) is 0 Å². The zero-order valence-electron chi connectivity index (χ0n) is 21.5. The van der Waals surface area contributed by atoms with E-state index in [2.05, 4.69) is 22.7 Å². The smallest absolute Gasteiger partial charge is 0.260 e. The van der Waals surface area contributed by atoms with Gasteiger partial charge in [-0.1, -0.05) is 42.5 Å². The lowest BCUT2D eigenvalue weighted by atomic mass is 9.48. The summed E-state index contributed by atoms with van der Waals surface area (Å²) in [5, 5.41) is 16.0. The standard InChI is InChI=1S/C30H33N3O4S/c1-38(36,37)33(19-29(35)32-31-18-27-26-5-3-2-4-23(26)6-11-28(27)34)25-9-7-24(8-10-25)30-15-20-12-21(16-30)14-22(13-20)17-30/h2-11,18,20-22,34H,12-17,19H2,1H3,(H,32,35)/b31-18-. The maximum Gasteiger partial charge on any atom is 0.260 e. The molecule has 2 N–H and O–H groups in total. The second-order valence-electron chi connectivity index (χ2n) is 11.5. The highest BCUT2D eigenvalue weighted by Gasteiger charge is 2.51. The number of phenols is 1. The summed E-state index contributed by atoms with van der Waals surface area (Å²) >= 11 is 0. The Morgan fingerprint density at radius 1 is 1.00 bits per heavy atom. The van der Waals surface area contributed by atoms with Crippen LogP contribution in [0.25, 0.3) is 10.8 Å². The molecule has 3 aromatic rings. The molecule has 4 aliphatic rings. The summed E-state index contributed by atoms with van der Waals surface area (Å²) in [6.07, 6.45) is 10.3. The Labute approximate surface area is 223 Å². The Morgan fingerprint density at radius 2 is 1.63 bits per heavy atom. The number of hydrogen-bond donors (Lipinski definition) is 2. The zero-order chi connectivity index (χ0) is 26.5. The van der Waals surface area contributed by atoms with E-state index in [0.29, 0.717) is 11.3 Å². The molecule has 8 heteroatoms. The van der Waals surface area contributed by atoms with Crippen LogP contribution in [0.3, 0.4) is 0 Å². The summed E-state index contributed by atoms with van der Waals surface area (Å²) in [7, 11) is -3.70. The number of aromatic hydroxyl groups is 1. The average molecular weight is 532 g/mol. The summed E-state index contributed by atoms with van der Waals surface area (Å²) in [6, 6.07) is 18.7. The fourth-order valence-electron chi connectivity index (χ4n) is 7.60. The van der Waals surface area contributed by atoms with Gasteiger partial charge in [-0.25, -0.2) is 13.8 Å². The zero-order valence-corrected chi connectivity index (χ0v) is 22.3. The average Bonchev–Trinajstić information content (AvgIpc) is 2.87. The van der Waals surface area contributed by atoms with E-state index in [4.69, 9.17) is 0 Å². The summed E-state index contributed by atoms with van der Waals surface area (Å²) in [6.45, 7) is -0.394. The molecule has 0 unspecified atom stereocenters. The van der Waals surface area contributed by atoms with Gasteiger partial charge in [0.15, 0.2) is 0 Å². The van der Waals surface area contributed by atoms with Crippen LogP contribution in [0.5, 0.6) is 5.75 Å². The molecule has 7 rings (SSSR count). The largest absolute Gasteiger partial charge is 0.507 e. The lowest BCUT2D eigenvalue weighted by Gasteiger charge is -2.57. The minimum Gasteiger partial charge on any atom is -0.507 e. The second kappa shape index (κ2) is 9.42. The van der Waals surface area contributed by atoms with E-state index in [0.717, 1.165) is 39.1 Å². The third-order valence-electron chi connectivity index (χ3n) is 8.82. The summed E-state index contributed by atoms with van der Waals surface area (Å²) in [5.41, 5.74) is 4.88. The van der Waals surface area contributed by atoms with E-state index in [1.54, 1.807) is 12.1 Å². The Balaban J connectivity index is 1.17. The number of nitrogens with one attached hydrogen (secondary N) is 1. The number of amides is 1. The van der Waals surface area contributed by atoms with Gasteiger partial charge in [0.1, 0.15) is 12.3 Å². The van der Waals surface area contributed by atoms with Crippen molar-refractivity contribution in [2.45, 2.75) is 43.9 Å². The highest BCUT2D eigenvalue weighted by atomic mass is 32.2. The summed E-state index contributed by atoms with van der Waals surface area (Å²) < 4.78 is 26.4. The Morgan fingerprint density at radius 3 is 2.26 bits per heavy atom. The quantitative estimate of drug-likeness (QED) is 0.334. The van der Waals surface area contributed by atoms with Crippen molar-refractivity contribution in [3.05, 3.63) is 71.8 Å². The maximum absolute atomic E-state index is 12.7. The molecular formula is C30H33N3O4S. The lowest BCUT2D eigenvalue weighted by molar-refractivity contribution is -0.119. The van der Waals surface area contributed by atoms with Gasteiger partial charge in [-0.05, 0) is 96.2 Å². The number of anilines is 1. The summed E-state index contributed by atoms with van der Waals surface area (Å²) in [4.78, 5) is 12.7. The van der Waals surface area contributed by atoms with Crippen LogP contribution < -0.4 is 9.73 Å². The number of hydrogen-bond acceptors (Lipinski definition) is 5. The summed E-state index contributed by atoms with van der Waals surface area (Å²) in [5.74, 6) is 1.95. The molecule has 0 atom stereocenters.